The number of amides is 2. The van der Waals surface area contributed by atoms with E-state index in [0.29, 0.717) is 23.6 Å². The van der Waals surface area contributed by atoms with Gasteiger partial charge in [-0.15, -0.1) is 11.8 Å². The Labute approximate surface area is 140 Å². The standard InChI is InChI=1S/C17H22N2O3S/c1-5-22-16(20)15-12(4)18-17(21)19-13(15)9-23-14-7-6-10(2)8-11(14)3/h6-8,12H,5,9H2,1-4H3,(H2,18,19,21). The van der Waals surface area contributed by atoms with Crippen LogP contribution in [0.1, 0.15) is 25.0 Å². The summed E-state index contributed by atoms with van der Waals surface area (Å²) in [5.41, 5.74) is 3.50. The van der Waals surface area contributed by atoms with E-state index < -0.39 is 0 Å². The van der Waals surface area contributed by atoms with Gasteiger partial charge in [0.15, 0.2) is 0 Å². The average Bonchev–Trinajstić information content (AvgIpc) is 2.45. The van der Waals surface area contributed by atoms with Gasteiger partial charge in [-0.3, -0.25) is 0 Å². The molecule has 2 rings (SSSR count). The number of ether oxygens (including phenoxy) is 1. The maximum absolute atomic E-state index is 12.2. The van der Waals surface area contributed by atoms with Crippen LogP contribution in [0, 0.1) is 13.8 Å². The lowest BCUT2D eigenvalue weighted by atomic mass is 10.1. The van der Waals surface area contributed by atoms with Gasteiger partial charge in [0, 0.05) is 16.3 Å². The number of urea groups is 1. The SMILES string of the molecule is CCOC(=O)C1=C(CSc2ccc(C)cc2C)NC(=O)NC1C. The average molecular weight is 334 g/mol. The van der Waals surface area contributed by atoms with Crippen molar-refractivity contribution in [2.45, 2.75) is 38.6 Å². The summed E-state index contributed by atoms with van der Waals surface area (Å²) in [6.07, 6.45) is 0. The minimum atomic E-state index is -0.385. The number of thioether (sulfide) groups is 1. The first-order valence-corrected chi connectivity index (χ1v) is 8.58. The summed E-state index contributed by atoms with van der Waals surface area (Å²) in [7, 11) is 0. The van der Waals surface area contributed by atoms with Crippen LogP contribution in [0.15, 0.2) is 34.4 Å². The number of hydrogen-bond acceptors (Lipinski definition) is 4. The lowest BCUT2D eigenvalue weighted by Crippen LogP contribution is -2.49. The molecule has 1 aliphatic rings. The summed E-state index contributed by atoms with van der Waals surface area (Å²) >= 11 is 1.60. The van der Waals surface area contributed by atoms with Crippen LogP contribution in [0.25, 0.3) is 0 Å². The number of hydrogen-bond donors (Lipinski definition) is 2. The molecule has 0 fully saturated rings. The van der Waals surface area contributed by atoms with Crippen LogP contribution in [-0.4, -0.2) is 30.4 Å². The summed E-state index contributed by atoms with van der Waals surface area (Å²) in [6, 6.07) is 5.58. The van der Waals surface area contributed by atoms with Gasteiger partial charge in [-0.1, -0.05) is 17.7 Å². The molecule has 124 valence electrons. The van der Waals surface area contributed by atoms with Crippen molar-refractivity contribution in [1.82, 2.24) is 10.6 Å². The molecule has 2 N–H and O–H groups in total. The van der Waals surface area contributed by atoms with Gasteiger partial charge in [-0.05, 0) is 39.3 Å². The number of rotatable bonds is 5. The first kappa shape index (κ1) is 17.4. The Morgan fingerprint density at radius 2 is 2.09 bits per heavy atom. The molecule has 1 aromatic carbocycles. The minimum Gasteiger partial charge on any atom is -0.463 e. The third kappa shape index (κ3) is 4.28. The Morgan fingerprint density at radius 3 is 2.74 bits per heavy atom. The quantitative estimate of drug-likeness (QED) is 0.642. The van der Waals surface area contributed by atoms with Gasteiger partial charge in [0.1, 0.15) is 0 Å². The molecule has 0 saturated heterocycles. The second-order valence-corrected chi connectivity index (χ2v) is 6.51. The lowest BCUT2D eigenvalue weighted by molar-refractivity contribution is -0.138. The molecule has 0 bridgehead atoms. The predicted molar refractivity (Wildman–Crippen MR) is 91.4 cm³/mol. The van der Waals surface area contributed by atoms with Gasteiger partial charge in [-0.2, -0.15) is 0 Å². The monoisotopic (exact) mass is 334 g/mol. The molecule has 1 aromatic rings. The molecule has 0 saturated carbocycles. The Hall–Kier alpha value is -1.95. The van der Waals surface area contributed by atoms with Gasteiger partial charge < -0.3 is 15.4 Å². The summed E-state index contributed by atoms with van der Waals surface area (Å²) in [5.74, 6) is 0.124. The zero-order valence-electron chi connectivity index (χ0n) is 13.9. The molecule has 6 heteroatoms. The fourth-order valence-corrected chi connectivity index (χ4v) is 3.48. The molecule has 0 aromatic heterocycles. The number of aryl methyl sites for hydroxylation is 2. The zero-order valence-corrected chi connectivity index (χ0v) is 14.7. The Bertz CT molecular complexity index is 655. The van der Waals surface area contributed by atoms with Crippen molar-refractivity contribution < 1.29 is 14.3 Å². The van der Waals surface area contributed by atoms with Gasteiger partial charge in [0.05, 0.1) is 18.2 Å². The van der Waals surface area contributed by atoms with Gasteiger partial charge in [-0.25, -0.2) is 9.59 Å². The molecule has 1 atom stereocenters. The zero-order chi connectivity index (χ0) is 17.0. The molecular weight excluding hydrogens is 312 g/mol. The third-order valence-electron chi connectivity index (χ3n) is 3.57. The predicted octanol–water partition coefficient (Wildman–Crippen LogP) is 2.91. The van der Waals surface area contributed by atoms with Crippen LogP contribution >= 0.6 is 11.8 Å². The smallest absolute Gasteiger partial charge is 0.337 e. The summed E-state index contributed by atoms with van der Waals surface area (Å²) in [6.45, 7) is 7.96. The van der Waals surface area contributed by atoms with Crippen LogP contribution < -0.4 is 10.6 Å². The molecule has 0 radical (unpaired) electrons. The van der Waals surface area contributed by atoms with E-state index in [2.05, 4.69) is 42.7 Å². The van der Waals surface area contributed by atoms with E-state index in [-0.39, 0.29) is 18.0 Å². The van der Waals surface area contributed by atoms with Crippen molar-refractivity contribution in [2.75, 3.05) is 12.4 Å². The van der Waals surface area contributed by atoms with E-state index in [1.54, 1.807) is 25.6 Å². The molecule has 5 nitrogen and oxygen atoms in total. The van der Waals surface area contributed by atoms with Gasteiger partial charge in [0.2, 0.25) is 0 Å². The van der Waals surface area contributed by atoms with E-state index in [4.69, 9.17) is 4.74 Å². The van der Waals surface area contributed by atoms with Crippen molar-refractivity contribution >= 4 is 23.8 Å². The first-order valence-electron chi connectivity index (χ1n) is 7.60. The highest BCUT2D eigenvalue weighted by Gasteiger charge is 2.29. The topological polar surface area (TPSA) is 67.4 Å². The van der Waals surface area contributed by atoms with E-state index in [1.165, 1.54) is 11.1 Å². The van der Waals surface area contributed by atoms with Gasteiger partial charge >= 0.3 is 12.0 Å². The fraction of sp³-hybridized carbons (Fsp3) is 0.412. The number of esters is 1. The Balaban J connectivity index is 2.23. The number of carbonyl (C=O) groups is 2. The van der Waals surface area contributed by atoms with Crippen LogP contribution in [0.5, 0.6) is 0 Å². The van der Waals surface area contributed by atoms with Crippen LogP contribution in [0.4, 0.5) is 4.79 Å². The molecule has 0 spiro atoms. The Morgan fingerprint density at radius 1 is 1.35 bits per heavy atom. The van der Waals surface area contributed by atoms with Crippen molar-refractivity contribution in [2.24, 2.45) is 0 Å². The molecule has 23 heavy (non-hydrogen) atoms. The van der Waals surface area contributed by atoms with Crippen LogP contribution in [0.2, 0.25) is 0 Å². The summed E-state index contributed by atoms with van der Waals surface area (Å²) in [4.78, 5) is 25.0. The first-order chi connectivity index (χ1) is 10.9. The van der Waals surface area contributed by atoms with E-state index in [0.717, 1.165) is 4.90 Å². The Kier molecular flexibility index (Phi) is 5.71. The van der Waals surface area contributed by atoms with Crippen LogP contribution in [0.3, 0.4) is 0 Å². The highest BCUT2D eigenvalue weighted by atomic mass is 32.2. The number of benzene rings is 1. The second-order valence-electron chi connectivity index (χ2n) is 5.49. The van der Waals surface area contributed by atoms with E-state index in [1.807, 2.05) is 0 Å². The highest BCUT2D eigenvalue weighted by Crippen LogP contribution is 2.27. The van der Waals surface area contributed by atoms with Crippen LogP contribution in [-0.2, 0) is 9.53 Å². The fourth-order valence-electron chi connectivity index (χ4n) is 2.50. The lowest BCUT2D eigenvalue weighted by Gasteiger charge is -2.26. The second kappa shape index (κ2) is 7.55. The summed E-state index contributed by atoms with van der Waals surface area (Å²) < 4.78 is 5.11. The molecule has 0 aliphatic carbocycles. The maximum Gasteiger partial charge on any atom is 0.337 e. The maximum atomic E-state index is 12.2. The molecular formula is C17H22N2O3S. The molecule has 1 unspecified atom stereocenters. The normalized spacial score (nSPS) is 17.6. The van der Waals surface area contributed by atoms with Crippen molar-refractivity contribution in [3.05, 3.63) is 40.6 Å². The third-order valence-corrected chi connectivity index (χ3v) is 4.77. The van der Waals surface area contributed by atoms with Gasteiger partial charge in [0.25, 0.3) is 0 Å². The largest absolute Gasteiger partial charge is 0.463 e. The molecule has 1 aliphatic heterocycles. The van der Waals surface area contributed by atoms with Crippen molar-refractivity contribution in [3.63, 3.8) is 0 Å². The number of carbonyl (C=O) groups excluding carboxylic acids is 2. The van der Waals surface area contributed by atoms with E-state index in [9.17, 15) is 9.59 Å². The van der Waals surface area contributed by atoms with Crippen molar-refractivity contribution in [1.29, 1.82) is 0 Å². The molecule has 1 heterocycles. The minimum absolute atomic E-state index is 0.290. The highest BCUT2D eigenvalue weighted by molar-refractivity contribution is 7.99. The summed E-state index contributed by atoms with van der Waals surface area (Å²) in [5, 5.41) is 5.44. The molecule has 2 amide bonds. The van der Waals surface area contributed by atoms with E-state index >= 15 is 0 Å². The van der Waals surface area contributed by atoms with Crippen molar-refractivity contribution in [3.8, 4) is 0 Å². The number of nitrogens with one attached hydrogen (secondary N) is 2.